The molecular formula is C29H24N2O7S. The fourth-order valence-corrected chi connectivity index (χ4v) is 5.59. The number of thiazole rings is 1. The number of carboxylic acids is 1. The van der Waals surface area contributed by atoms with Gasteiger partial charge in [-0.25, -0.2) is 14.6 Å². The summed E-state index contributed by atoms with van der Waals surface area (Å²) in [5, 5.41) is 9.52. The Morgan fingerprint density at radius 3 is 2.62 bits per heavy atom. The minimum Gasteiger partial charge on any atom is -0.496 e. The molecule has 1 atom stereocenters. The van der Waals surface area contributed by atoms with E-state index in [1.54, 1.807) is 62.4 Å². The van der Waals surface area contributed by atoms with Crippen molar-refractivity contribution in [1.82, 2.24) is 4.57 Å². The molecule has 9 nitrogen and oxygen atoms in total. The highest BCUT2D eigenvalue weighted by molar-refractivity contribution is 7.07. The molecule has 0 spiro atoms. The largest absolute Gasteiger partial charge is 0.496 e. The van der Waals surface area contributed by atoms with Gasteiger partial charge < -0.3 is 19.0 Å². The van der Waals surface area contributed by atoms with Crippen LogP contribution in [0.3, 0.4) is 0 Å². The highest BCUT2D eigenvalue weighted by Gasteiger charge is 2.35. The van der Waals surface area contributed by atoms with Gasteiger partial charge in [0.05, 0.1) is 35.1 Å². The predicted octanol–water partition coefficient (Wildman–Crippen LogP) is 3.77. The van der Waals surface area contributed by atoms with Gasteiger partial charge in [0.2, 0.25) is 0 Å². The Labute approximate surface area is 226 Å². The topological polar surface area (TPSA) is 120 Å². The number of furan rings is 1. The second-order valence-corrected chi connectivity index (χ2v) is 9.61. The number of hydrogen-bond donors (Lipinski definition) is 1. The van der Waals surface area contributed by atoms with Crippen molar-refractivity contribution >= 4 is 29.4 Å². The normalized spacial score (nSPS) is 15.1. The minimum atomic E-state index is -1.07. The number of esters is 1. The van der Waals surface area contributed by atoms with Gasteiger partial charge in [-0.05, 0) is 38.1 Å². The summed E-state index contributed by atoms with van der Waals surface area (Å²) >= 11 is 1.16. The molecule has 1 N–H and O–H groups in total. The number of rotatable bonds is 7. The minimum absolute atomic E-state index is 0.108. The van der Waals surface area contributed by atoms with Crippen molar-refractivity contribution in [3.8, 4) is 17.1 Å². The molecular weight excluding hydrogens is 520 g/mol. The fraction of sp³-hybridized carbons (Fsp3) is 0.172. The number of methoxy groups -OCH3 is 1. The number of carbonyl (C=O) groups excluding carboxylic acids is 1. The van der Waals surface area contributed by atoms with Crippen LogP contribution in [0.4, 0.5) is 0 Å². The van der Waals surface area contributed by atoms with E-state index in [9.17, 15) is 19.5 Å². The first-order chi connectivity index (χ1) is 18.8. The molecule has 0 unspecified atom stereocenters. The second-order valence-electron chi connectivity index (χ2n) is 8.60. The molecule has 198 valence electrons. The monoisotopic (exact) mass is 544 g/mol. The highest BCUT2D eigenvalue weighted by atomic mass is 32.1. The average molecular weight is 545 g/mol. The number of nitrogens with zero attached hydrogens (tertiary/aromatic N) is 2. The van der Waals surface area contributed by atoms with Crippen LogP contribution in [0.25, 0.3) is 17.4 Å². The van der Waals surface area contributed by atoms with Gasteiger partial charge in [0.15, 0.2) is 4.80 Å². The average Bonchev–Trinajstić information content (AvgIpc) is 3.52. The van der Waals surface area contributed by atoms with Crippen molar-refractivity contribution in [3.05, 3.63) is 109 Å². The zero-order valence-electron chi connectivity index (χ0n) is 21.3. The molecule has 0 aliphatic carbocycles. The van der Waals surface area contributed by atoms with E-state index in [0.717, 1.165) is 11.3 Å². The lowest BCUT2D eigenvalue weighted by atomic mass is 9.95. The Kier molecular flexibility index (Phi) is 7.03. The molecule has 0 radical (unpaired) electrons. The van der Waals surface area contributed by atoms with Gasteiger partial charge in [0.25, 0.3) is 5.56 Å². The maximum Gasteiger partial charge on any atom is 0.338 e. The van der Waals surface area contributed by atoms with Crippen LogP contribution in [0.1, 0.15) is 41.6 Å². The Morgan fingerprint density at radius 1 is 1.13 bits per heavy atom. The summed E-state index contributed by atoms with van der Waals surface area (Å²) in [6.07, 6.45) is 1.58. The molecule has 3 heterocycles. The van der Waals surface area contributed by atoms with Crippen molar-refractivity contribution in [3.63, 3.8) is 0 Å². The van der Waals surface area contributed by atoms with Crippen LogP contribution in [-0.4, -0.2) is 35.3 Å². The van der Waals surface area contributed by atoms with E-state index in [1.165, 1.54) is 17.7 Å². The first-order valence-corrected chi connectivity index (χ1v) is 12.9. The molecule has 2 aromatic heterocycles. The summed E-state index contributed by atoms with van der Waals surface area (Å²) in [6, 6.07) is 16.2. The molecule has 1 aliphatic heterocycles. The number of fused-ring (bicyclic) bond motifs is 1. The van der Waals surface area contributed by atoms with Gasteiger partial charge in [-0.2, -0.15) is 0 Å². The third-order valence-electron chi connectivity index (χ3n) is 6.27. The Morgan fingerprint density at radius 2 is 1.87 bits per heavy atom. The molecule has 0 bridgehead atoms. The van der Waals surface area contributed by atoms with Gasteiger partial charge in [0.1, 0.15) is 23.3 Å². The maximum absolute atomic E-state index is 13.8. The number of benzene rings is 2. The van der Waals surface area contributed by atoms with E-state index < -0.39 is 18.0 Å². The van der Waals surface area contributed by atoms with Crippen molar-refractivity contribution in [2.45, 2.75) is 19.9 Å². The van der Waals surface area contributed by atoms with Crippen LogP contribution >= 0.6 is 11.3 Å². The second kappa shape index (κ2) is 10.6. The van der Waals surface area contributed by atoms with E-state index >= 15 is 0 Å². The zero-order valence-corrected chi connectivity index (χ0v) is 22.2. The maximum atomic E-state index is 13.8. The quantitative estimate of drug-likeness (QED) is 0.352. The standard InChI is InChI=1S/C29H24N2O7S/c1-4-37-28(35)24-16(2)30-29-31(25(24)20-11-7-8-12-21(20)36-3)26(32)23(39-29)15-17-13-14-22(38-17)18-9-5-6-10-19(18)27(33)34/h5-15,25H,4H2,1-3H3,(H,33,34)/b23-15+/t25-/m1/s1. The SMILES string of the molecule is CCOC(=O)C1=C(C)N=c2s/c(=C/c3ccc(-c4ccccc4C(=O)O)o3)c(=O)n2[C@@H]1c1ccccc1OC. The van der Waals surface area contributed by atoms with Gasteiger partial charge in [0, 0.05) is 17.2 Å². The molecule has 0 amide bonds. The number of allylic oxidation sites excluding steroid dienone is 1. The van der Waals surface area contributed by atoms with Crippen LogP contribution in [0.2, 0.25) is 0 Å². The summed E-state index contributed by atoms with van der Waals surface area (Å²) in [4.78, 5) is 43.5. The third kappa shape index (κ3) is 4.70. The zero-order chi connectivity index (χ0) is 27.7. The lowest BCUT2D eigenvalue weighted by molar-refractivity contribution is -0.139. The first-order valence-electron chi connectivity index (χ1n) is 12.1. The number of hydrogen-bond acceptors (Lipinski definition) is 8. The lowest BCUT2D eigenvalue weighted by Gasteiger charge is -2.25. The molecule has 0 fully saturated rings. The van der Waals surface area contributed by atoms with Crippen LogP contribution in [0.5, 0.6) is 5.75 Å². The lowest BCUT2D eigenvalue weighted by Crippen LogP contribution is -2.40. The van der Waals surface area contributed by atoms with Crippen LogP contribution in [-0.2, 0) is 9.53 Å². The molecule has 5 rings (SSSR count). The number of aromatic nitrogens is 1. The van der Waals surface area contributed by atoms with Crippen molar-refractivity contribution in [1.29, 1.82) is 0 Å². The van der Waals surface area contributed by atoms with Crippen molar-refractivity contribution < 1.29 is 28.6 Å². The Balaban J connectivity index is 1.66. The van der Waals surface area contributed by atoms with Crippen LogP contribution in [0.15, 0.2) is 86.1 Å². The molecule has 39 heavy (non-hydrogen) atoms. The summed E-state index contributed by atoms with van der Waals surface area (Å²) in [5.74, 6) is -0.385. The highest BCUT2D eigenvalue weighted by Crippen LogP contribution is 2.35. The number of para-hydroxylation sites is 1. The van der Waals surface area contributed by atoms with Crippen molar-refractivity contribution in [2.75, 3.05) is 13.7 Å². The van der Waals surface area contributed by atoms with Gasteiger partial charge in [-0.3, -0.25) is 9.36 Å². The van der Waals surface area contributed by atoms with Crippen LogP contribution in [0, 0.1) is 0 Å². The Hall–Kier alpha value is -4.70. The summed E-state index contributed by atoms with van der Waals surface area (Å²) < 4.78 is 18.6. The summed E-state index contributed by atoms with van der Waals surface area (Å²) in [6.45, 7) is 3.60. The summed E-state index contributed by atoms with van der Waals surface area (Å²) in [5.41, 5.74) is 1.49. The molecule has 0 saturated heterocycles. The van der Waals surface area contributed by atoms with E-state index in [2.05, 4.69) is 4.99 Å². The molecule has 4 aromatic rings. The first kappa shape index (κ1) is 25.9. The number of carbonyl (C=O) groups is 2. The van der Waals surface area contributed by atoms with Crippen molar-refractivity contribution in [2.24, 2.45) is 4.99 Å². The Bertz CT molecular complexity index is 1810. The van der Waals surface area contributed by atoms with E-state index in [-0.39, 0.29) is 23.3 Å². The molecule has 0 saturated carbocycles. The third-order valence-corrected chi connectivity index (χ3v) is 7.26. The number of aromatic carboxylic acids is 1. The van der Waals surface area contributed by atoms with E-state index in [4.69, 9.17) is 13.9 Å². The van der Waals surface area contributed by atoms with E-state index in [0.29, 0.717) is 43.4 Å². The molecule has 2 aromatic carbocycles. The predicted molar refractivity (Wildman–Crippen MR) is 144 cm³/mol. The number of ether oxygens (including phenoxy) is 2. The van der Waals surface area contributed by atoms with Crippen LogP contribution < -0.4 is 19.6 Å². The van der Waals surface area contributed by atoms with Gasteiger partial charge >= 0.3 is 11.9 Å². The van der Waals surface area contributed by atoms with E-state index in [1.807, 2.05) is 12.1 Å². The smallest absolute Gasteiger partial charge is 0.338 e. The molecule has 10 heteroatoms. The summed E-state index contributed by atoms with van der Waals surface area (Å²) in [7, 11) is 1.53. The van der Waals surface area contributed by atoms with Gasteiger partial charge in [-0.1, -0.05) is 47.7 Å². The molecule has 1 aliphatic rings. The fourth-order valence-electron chi connectivity index (χ4n) is 4.57. The van der Waals surface area contributed by atoms with Gasteiger partial charge in [-0.15, -0.1) is 0 Å². The number of carboxylic acid groups (broad SMARTS) is 1.